The summed E-state index contributed by atoms with van der Waals surface area (Å²) in [7, 11) is 2.10. The van der Waals surface area contributed by atoms with Crippen LogP contribution in [0.5, 0.6) is 0 Å². The quantitative estimate of drug-likeness (QED) is 0.779. The Labute approximate surface area is 128 Å². The Kier molecular flexibility index (Phi) is 5.45. The average molecular weight is 286 g/mol. The van der Waals surface area contributed by atoms with Gasteiger partial charge in [-0.1, -0.05) is 19.1 Å². The molecule has 2 rings (SSSR count). The van der Waals surface area contributed by atoms with E-state index in [-0.39, 0.29) is 0 Å². The predicted molar refractivity (Wildman–Crippen MR) is 88.7 cm³/mol. The molecule has 0 fully saturated rings. The lowest BCUT2D eigenvalue weighted by atomic mass is 10.2. The zero-order chi connectivity index (χ0) is 15.2. The summed E-state index contributed by atoms with van der Waals surface area (Å²) in [5.74, 6) is 2.04. The van der Waals surface area contributed by atoms with Crippen LogP contribution in [0.3, 0.4) is 0 Å². The monoisotopic (exact) mass is 286 g/mol. The number of nitrogens with one attached hydrogen (secondary N) is 1. The third-order valence-corrected chi connectivity index (χ3v) is 3.65. The minimum Gasteiger partial charge on any atom is -0.464 e. The fourth-order valence-electron chi connectivity index (χ4n) is 2.43. The first-order valence-electron chi connectivity index (χ1n) is 7.67. The van der Waals surface area contributed by atoms with Gasteiger partial charge in [-0.2, -0.15) is 0 Å². The summed E-state index contributed by atoms with van der Waals surface area (Å²) in [6.07, 6.45) is 1.15. The van der Waals surface area contributed by atoms with E-state index >= 15 is 0 Å². The van der Waals surface area contributed by atoms with E-state index in [1.54, 1.807) is 0 Å². The molecule has 1 N–H and O–H groups in total. The van der Waals surface area contributed by atoms with E-state index in [9.17, 15) is 0 Å². The molecule has 0 unspecified atom stereocenters. The Morgan fingerprint density at radius 3 is 2.71 bits per heavy atom. The number of aryl methyl sites for hydroxylation is 2. The summed E-state index contributed by atoms with van der Waals surface area (Å²) in [5, 5.41) is 3.42. The van der Waals surface area contributed by atoms with Crippen LogP contribution >= 0.6 is 0 Å². The highest BCUT2D eigenvalue weighted by molar-refractivity contribution is 5.47. The maximum atomic E-state index is 5.89. The molecule has 3 heteroatoms. The number of nitrogens with zero attached hydrogens (tertiary/aromatic N) is 1. The van der Waals surface area contributed by atoms with Gasteiger partial charge in [0.1, 0.15) is 11.5 Å². The van der Waals surface area contributed by atoms with Crippen molar-refractivity contribution in [1.29, 1.82) is 0 Å². The molecule has 0 atom stereocenters. The van der Waals surface area contributed by atoms with Crippen molar-refractivity contribution >= 4 is 5.69 Å². The van der Waals surface area contributed by atoms with Crippen molar-refractivity contribution in [3.05, 3.63) is 53.0 Å². The Balaban J connectivity index is 2.01. The fraction of sp³-hybridized carbons (Fsp3) is 0.444. The van der Waals surface area contributed by atoms with Crippen LogP contribution in [0, 0.1) is 13.8 Å². The maximum absolute atomic E-state index is 5.89. The zero-order valence-electron chi connectivity index (χ0n) is 13.6. The van der Waals surface area contributed by atoms with Gasteiger partial charge in [0.2, 0.25) is 0 Å². The summed E-state index contributed by atoms with van der Waals surface area (Å²) >= 11 is 0. The normalized spacial score (nSPS) is 10.9. The lowest BCUT2D eigenvalue weighted by Crippen LogP contribution is -2.16. The van der Waals surface area contributed by atoms with Crippen molar-refractivity contribution in [2.45, 2.75) is 40.3 Å². The van der Waals surface area contributed by atoms with E-state index in [4.69, 9.17) is 4.42 Å². The van der Waals surface area contributed by atoms with Crippen molar-refractivity contribution in [1.82, 2.24) is 5.32 Å². The minimum atomic E-state index is 0.790. The average Bonchev–Trinajstić information content (AvgIpc) is 2.79. The largest absolute Gasteiger partial charge is 0.464 e. The molecule has 0 spiro atoms. The number of furan rings is 1. The molecule has 3 nitrogen and oxygen atoms in total. The van der Waals surface area contributed by atoms with E-state index in [2.05, 4.69) is 61.4 Å². The van der Waals surface area contributed by atoms with Crippen LogP contribution in [-0.2, 0) is 13.1 Å². The van der Waals surface area contributed by atoms with E-state index in [0.717, 1.165) is 37.6 Å². The van der Waals surface area contributed by atoms with Gasteiger partial charge in [-0.05, 0) is 50.6 Å². The molecule has 1 heterocycles. The van der Waals surface area contributed by atoms with E-state index < -0.39 is 0 Å². The van der Waals surface area contributed by atoms with E-state index in [0.29, 0.717) is 0 Å². The lowest BCUT2D eigenvalue weighted by Gasteiger charge is -2.18. The van der Waals surface area contributed by atoms with Crippen LogP contribution in [0.1, 0.15) is 36.0 Å². The van der Waals surface area contributed by atoms with Gasteiger partial charge in [0, 0.05) is 24.8 Å². The molecular weight excluding hydrogens is 260 g/mol. The van der Waals surface area contributed by atoms with Crippen LogP contribution < -0.4 is 10.2 Å². The second-order valence-electron chi connectivity index (χ2n) is 5.67. The highest BCUT2D eigenvalue weighted by atomic mass is 16.3. The summed E-state index contributed by atoms with van der Waals surface area (Å²) < 4.78 is 5.89. The Bertz CT molecular complexity index is 574. The standard InChI is InChI=1S/C18H26N2O/c1-5-9-19-12-16-11-18(21-15(16)3)13-20(4)17-8-6-7-14(2)10-17/h6-8,10-11,19H,5,9,12-13H2,1-4H3. The highest BCUT2D eigenvalue weighted by Crippen LogP contribution is 2.20. The maximum Gasteiger partial charge on any atom is 0.123 e. The molecule has 0 saturated heterocycles. The third kappa shape index (κ3) is 4.36. The molecule has 114 valence electrons. The van der Waals surface area contributed by atoms with Gasteiger partial charge >= 0.3 is 0 Å². The Morgan fingerprint density at radius 1 is 1.19 bits per heavy atom. The molecule has 0 radical (unpaired) electrons. The summed E-state index contributed by atoms with van der Waals surface area (Å²) in [6.45, 7) is 9.06. The predicted octanol–water partition coefficient (Wildman–Crippen LogP) is 4.03. The van der Waals surface area contributed by atoms with Gasteiger partial charge in [0.05, 0.1) is 6.54 Å². The zero-order valence-corrected chi connectivity index (χ0v) is 13.6. The van der Waals surface area contributed by atoms with Crippen LogP contribution in [0.4, 0.5) is 5.69 Å². The van der Waals surface area contributed by atoms with Crippen LogP contribution in [-0.4, -0.2) is 13.6 Å². The number of benzene rings is 1. The molecular formula is C18H26N2O. The Hall–Kier alpha value is -1.74. The van der Waals surface area contributed by atoms with Gasteiger partial charge in [-0.15, -0.1) is 0 Å². The molecule has 0 aliphatic carbocycles. The van der Waals surface area contributed by atoms with Crippen LogP contribution in [0.2, 0.25) is 0 Å². The second-order valence-corrected chi connectivity index (χ2v) is 5.67. The number of hydrogen-bond donors (Lipinski definition) is 1. The number of rotatable bonds is 7. The van der Waals surface area contributed by atoms with Gasteiger partial charge in [0.15, 0.2) is 0 Å². The van der Waals surface area contributed by atoms with Crippen LogP contribution in [0.15, 0.2) is 34.7 Å². The molecule has 0 amide bonds. The first-order chi connectivity index (χ1) is 10.1. The molecule has 1 aromatic carbocycles. The van der Waals surface area contributed by atoms with Crippen molar-refractivity contribution in [2.75, 3.05) is 18.5 Å². The van der Waals surface area contributed by atoms with Crippen molar-refractivity contribution in [2.24, 2.45) is 0 Å². The lowest BCUT2D eigenvalue weighted by molar-refractivity contribution is 0.477. The van der Waals surface area contributed by atoms with Gasteiger partial charge in [0.25, 0.3) is 0 Å². The SMILES string of the molecule is CCCNCc1cc(CN(C)c2cccc(C)c2)oc1C. The first-order valence-corrected chi connectivity index (χ1v) is 7.67. The molecule has 1 aromatic heterocycles. The van der Waals surface area contributed by atoms with Crippen molar-refractivity contribution in [3.8, 4) is 0 Å². The highest BCUT2D eigenvalue weighted by Gasteiger charge is 2.10. The topological polar surface area (TPSA) is 28.4 Å². The minimum absolute atomic E-state index is 0.790. The Morgan fingerprint density at radius 2 is 2.00 bits per heavy atom. The van der Waals surface area contributed by atoms with Crippen molar-refractivity contribution in [3.63, 3.8) is 0 Å². The number of anilines is 1. The van der Waals surface area contributed by atoms with Gasteiger partial charge < -0.3 is 14.6 Å². The molecule has 21 heavy (non-hydrogen) atoms. The third-order valence-electron chi connectivity index (χ3n) is 3.65. The molecule has 0 saturated carbocycles. The molecule has 0 aliphatic rings. The summed E-state index contributed by atoms with van der Waals surface area (Å²) in [6, 6.07) is 10.7. The van der Waals surface area contributed by atoms with Gasteiger partial charge in [-0.25, -0.2) is 0 Å². The molecule has 0 aliphatic heterocycles. The van der Waals surface area contributed by atoms with E-state index in [1.807, 2.05) is 6.92 Å². The smallest absolute Gasteiger partial charge is 0.123 e. The van der Waals surface area contributed by atoms with Gasteiger partial charge in [-0.3, -0.25) is 0 Å². The van der Waals surface area contributed by atoms with E-state index in [1.165, 1.54) is 16.8 Å². The summed E-state index contributed by atoms with van der Waals surface area (Å²) in [4.78, 5) is 2.22. The molecule has 2 aromatic rings. The van der Waals surface area contributed by atoms with Crippen molar-refractivity contribution < 1.29 is 4.42 Å². The fourth-order valence-corrected chi connectivity index (χ4v) is 2.43. The van der Waals surface area contributed by atoms with Crippen LogP contribution in [0.25, 0.3) is 0 Å². The molecule has 0 bridgehead atoms. The first kappa shape index (κ1) is 15.6. The summed E-state index contributed by atoms with van der Waals surface area (Å²) in [5.41, 5.74) is 3.75. The second kappa shape index (κ2) is 7.32. The number of hydrogen-bond acceptors (Lipinski definition) is 3.